The number of nitrogens with zero attached hydrogens (tertiary/aromatic N) is 2. The maximum atomic E-state index is 12.1. The Labute approximate surface area is 135 Å². The first-order chi connectivity index (χ1) is 10.4. The van der Waals surface area contributed by atoms with Crippen LogP contribution in [0.2, 0.25) is 0 Å². The fourth-order valence-corrected chi connectivity index (χ4v) is 2.83. The van der Waals surface area contributed by atoms with E-state index in [4.69, 9.17) is 12.2 Å². The molecule has 8 heteroatoms. The number of nitrogens with one attached hydrogen (secondary N) is 2. The van der Waals surface area contributed by atoms with Gasteiger partial charge in [0.15, 0.2) is 5.11 Å². The van der Waals surface area contributed by atoms with Crippen LogP contribution < -0.4 is 10.6 Å². The lowest BCUT2D eigenvalue weighted by Gasteiger charge is -2.13. The zero-order valence-corrected chi connectivity index (χ0v) is 13.8. The molecule has 2 rings (SSSR count). The number of benzene rings is 1. The van der Waals surface area contributed by atoms with Crippen molar-refractivity contribution in [2.75, 3.05) is 24.7 Å². The lowest BCUT2D eigenvalue weighted by Crippen LogP contribution is -2.23. The summed E-state index contributed by atoms with van der Waals surface area (Å²) in [6.45, 7) is 0. The number of anilines is 2. The van der Waals surface area contributed by atoms with E-state index in [1.807, 2.05) is 6.07 Å². The summed E-state index contributed by atoms with van der Waals surface area (Å²) in [5, 5.41) is 6.19. The number of rotatable bonds is 4. The Morgan fingerprint density at radius 2 is 1.91 bits per heavy atom. The van der Waals surface area contributed by atoms with Crippen molar-refractivity contribution in [2.24, 2.45) is 0 Å². The molecule has 0 bridgehead atoms. The Hall–Kier alpha value is -2.03. The van der Waals surface area contributed by atoms with Gasteiger partial charge in [-0.05, 0) is 42.5 Å². The summed E-state index contributed by atoms with van der Waals surface area (Å²) in [6.07, 6.45) is 1.65. The van der Waals surface area contributed by atoms with Crippen LogP contribution in [0, 0.1) is 0 Å². The van der Waals surface area contributed by atoms with Gasteiger partial charge in [-0.15, -0.1) is 0 Å². The molecule has 2 aromatic rings. The highest BCUT2D eigenvalue weighted by Gasteiger charge is 2.17. The Kier molecular flexibility index (Phi) is 5.07. The zero-order chi connectivity index (χ0) is 16.2. The third kappa shape index (κ3) is 4.00. The number of pyridine rings is 1. The van der Waals surface area contributed by atoms with Gasteiger partial charge in [-0.1, -0.05) is 12.1 Å². The molecule has 0 aliphatic heterocycles. The maximum Gasteiger partial charge on any atom is 0.242 e. The van der Waals surface area contributed by atoms with Crippen molar-refractivity contribution in [3.05, 3.63) is 48.7 Å². The minimum Gasteiger partial charge on any atom is -0.332 e. The molecular formula is C14H16N4O2S2. The Morgan fingerprint density at radius 3 is 2.55 bits per heavy atom. The van der Waals surface area contributed by atoms with Crippen LogP contribution in [-0.4, -0.2) is 36.9 Å². The average molecular weight is 336 g/mol. The van der Waals surface area contributed by atoms with E-state index in [1.165, 1.54) is 26.2 Å². The maximum absolute atomic E-state index is 12.1. The second kappa shape index (κ2) is 6.82. The lowest BCUT2D eigenvalue weighted by molar-refractivity contribution is 0.521. The third-order valence-corrected chi connectivity index (χ3v) is 4.79. The molecule has 0 fully saturated rings. The van der Waals surface area contributed by atoms with E-state index in [0.29, 0.717) is 16.6 Å². The van der Waals surface area contributed by atoms with Crippen LogP contribution in [0.15, 0.2) is 53.6 Å². The van der Waals surface area contributed by atoms with Crippen molar-refractivity contribution >= 4 is 38.9 Å². The van der Waals surface area contributed by atoms with Crippen LogP contribution in [0.3, 0.4) is 0 Å². The van der Waals surface area contributed by atoms with E-state index in [9.17, 15) is 8.42 Å². The highest BCUT2D eigenvalue weighted by Crippen LogP contribution is 2.18. The van der Waals surface area contributed by atoms with Gasteiger partial charge >= 0.3 is 0 Å². The summed E-state index contributed by atoms with van der Waals surface area (Å²) in [7, 11) is -0.499. The molecule has 0 spiro atoms. The fourth-order valence-electron chi connectivity index (χ4n) is 1.66. The van der Waals surface area contributed by atoms with Crippen LogP contribution in [0.5, 0.6) is 0 Å². The predicted octanol–water partition coefficient (Wildman–Crippen LogP) is 2.14. The van der Waals surface area contributed by atoms with Crippen LogP contribution in [0.4, 0.5) is 11.5 Å². The van der Waals surface area contributed by atoms with E-state index >= 15 is 0 Å². The molecule has 22 heavy (non-hydrogen) atoms. The fraction of sp³-hybridized carbons (Fsp3) is 0.143. The largest absolute Gasteiger partial charge is 0.332 e. The van der Waals surface area contributed by atoms with Gasteiger partial charge in [0.05, 0.1) is 4.90 Å². The number of thiocarbonyl (C=S) groups is 1. The zero-order valence-electron chi connectivity index (χ0n) is 12.1. The molecular weight excluding hydrogens is 320 g/mol. The summed E-state index contributed by atoms with van der Waals surface area (Å²) in [6, 6.07) is 11.9. The summed E-state index contributed by atoms with van der Waals surface area (Å²) in [4.78, 5) is 4.30. The van der Waals surface area contributed by atoms with E-state index in [1.54, 1.807) is 30.5 Å². The molecule has 0 saturated carbocycles. The molecule has 116 valence electrons. The van der Waals surface area contributed by atoms with Gasteiger partial charge in [-0.25, -0.2) is 17.7 Å². The van der Waals surface area contributed by atoms with Gasteiger partial charge in [-0.3, -0.25) is 0 Å². The molecule has 0 saturated heterocycles. The Bertz CT molecular complexity index is 761. The summed E-state index contributed by atoms with van der Waals surface area (Å²) in [5.41, 5.74) is 0.580. The first kappa shape index (κ1) is 16.3. The Morgan fingerprint density at radius 1 is 1.14 bits per heavy atom. The van der Waals surface area contributed by atoms with Crippen LogP contribution >= 0.6 is 12.2 Å². The van der Waals surface area contributed by atoms with Crippen LogP contribution in [0.25, 0.3) is 0 Å². The van der Waals surface area contributed by atoms with E-state index < -0.39 is 10.0 Å². The van der Waals surface area contributed by atoms with Crippen LogP contribution in [0.1, 0.15) is 0 Å². The van der Waals surface area contributed by atoms with Gasteiger partial charge in [0.25, 0.3) is 0 Å². The average Bonchev–Trinajstić information content (AvgIpc) is 2.48. The standard InChI is InChI=1S/C14H16N4O2S2/c1-18(2)22(19,20)12-7-5-6-11(10-12)16-14(21)17-13-8-3-4-9-15-13/h3-10H,1-2H3,(H2,15,16,17,21). The number of aromatic nitrogens is 1. The van der Waals surface area contributed by atoms with Gasteiger partial charge in [0.2, 0.25) is 10.0 Å². The third-order valence-electron chi connectivity index (χ3n) is 2.78. The monoisotopic (exact) mass is 336 g/mol. The molecule has 0 atom stereocenters. The van der Waals surface area contributed by atoms with Crippen molar-refractivity contribution < 1.29 is 8.42 Å². The van der Waals surface area contributed by atoms with Crippen molar-refractivity contribution in [2.45, 2.75) is 4.90 Å². The molecule has 0 amide bonds. The van der Waals surface area contributed by atoms with Gasteiger partial charge in [0, 0.05) is 26.0 Å². The summed E-state index contributed by atoms with van der Waals surface area (Å²) >= 11 is 5.18. The Balaban J connectivity index is 2.12. The molecule has 0 radical (unpaired) electrons. The molecule has 1 heterocycles. The molecule has 6 nitrogen and oxygen atoms in total. The summed E-state index contributed by atoms with van der Waals surface area (Å²) < 4.78 is 25.4. The molecule has 0 aliphatic carbocycles. The predicted molar refractivity (Wildman–Crippen MR) is 91.4 cm³/mol. The molecule has 2 N–H and O–H groups in total. The first-order valence-corrected chi connectivity index (χ1v) is 8.26. The molecule has 0 unspecified atom stereocenters. The summed E-state index contributed by atoms with van der Waals surface area (Å²) in [5.74, 6) is 0.608. The molecule has 0 aliphatic rings. The topological polar surface area (TPSA) is 74.3 Å². The van der Waals surface area contributed by atoms with Crippen LogP contribution in [-0.2, 0) is 10.0 Å². The van der Waals surface area contributed by atoms with Gasteiger partial charge in [-0.2, -0.15) is 0 Å². The highest BCUT2D eigenvalue weighted by molar-refractivity contribution is 7.89. The minimum absolute atomic E-state index is 0.197. The minimum atomic E-state index is -3.48. The van der Waals surface area contributed by atoms with Crippen molar-refractivity contribution in [1.29, 1.82) is 0 Å². The molecule has 1 aromatic carbocycles. The highest BCUT2D eigenvalue weighted by atomic mass is 32.2. The van der Waals surface area contributed by atoms with E-state index in [2.05, 4.69) is 15.6 Å². The lowest BCUT2D eigenvalue weighted by atomic mass is 10.3. The van der Waals surface area contributed by atoms with Crippen molar-refractivity contribution in [3.8, 4) is 0 Å². The second-order valence-corrected chi connectivity index (χ2v) is 7.17. The molecule has 1 aromatic heterocycles. The van der Waals surface area contributed by atoms with Crippen molar-refractivity contribution in [3.63, 3.8) is 0 Å². The number of hydrogen-bond donors (Lipinski definition) is 2. The smallest absolute Gasteiger partial charge is 0.242 e. The van der Waals surface area contributed by atoms with E-state index in [-0.39, 0.29) is 4.90 Å². The number of hydrogen-bond acceptors (Lipinski definition) is 4. The van der Waals surface area contributed by atoms with Crippen molar-refractivity contribution in [1.82, 2.24) is 9.29 Å². The van der Waals surface area contributed by atoms with Gasteiger partial charge < -0.3 is 10.6 Å². The quantitative estimate of drug-likeness (QED) is 0.833. The van der Waals surface area contributed by atoms with Gasteiger partial charge in [0.1, 0.15) is 5.82 Å². The SMILES string of the molecule is CN(C)S(=O)(=O)c1cccc(NC(=S)Nc2ccccn2)c1. The second-order valence-electron chi connectivity index (χ2n) is 4.61. The number of sulfonamides is 1. The first-order valence-electron chi connectivity index (χ1n) is 6.41. The normalized spacial score (nSPS) is 11.2. The van der Waals surface area contributed by atoms with E-state index in [0.717, 1.165) is 4.31 Å².